The van der Waals surface area contributed by atoms with Gasteiger partial charge in [-0.05, 0) is 50.3 Å². The lowest BCUT2D eigenvalue weighted by molar-refractivity contribution is 0.411. The highest BCUT2D eigenvalue weighted by molar-refractivity contribution is 5.80. The Labute approximate surface area is 121 Å². The third-order valence-electron chi connectivity index (χ3n) is 3.41. The SMILES string of the molecule is CCNC(=NCCc1ccc(C)c(OC)c1)NC1CC1. The molecule has 0 heterocycles. The van der Waals surface area contributed by atoms with Crippen LogP contribution in [-0.4, -0.2) is 32.2 Å². The Morgan fingerprint density at radius 1 is 1.40 bits per heavy atom. The normalized spacial score (nSPS) is 15.1. The third kappa shape index (κ3) is 4.44. The largest absolute Gasteiger partial charge is 0.496 e. The van der Waals surface area contributed by atoms with Crippen molar-refractivity contribution in [2.24, 2.45) is 4.99 Å². The standard InChI is InChI=1S/C16H25N3O/c1-4-17-16(19-14-7-8-14)18-10-9-13-6-5-12(2)15(11-13)20-3/h5-6,11,14H,4,7-10H2,1-3H3,(H2,17,18,19). The second-order valence-corrected chi connectivity index (χ2v) is 5.23. The van der Waals surface area contributed by atoms with Crippen molar-refractivity contribution >= 4 is 5.96 Å². The van der Waals surface area contributed by atoms with Crippen LogP contribution < -0.4 is 15.4 Å². The number of ether oxygens (including phenoxy) is 1. The number of aliphatic imine (C=N–C) groups is 1. The van der Waals surface area contributed by atoms with E-state index >= 15 is 0 Å². The number of nitrogens with zero attached hydrogens (tertiary/aromatic N) is 1. The molecular formula is C16H25N3O. The molecule has 0 saturated heterocycles. The van der Waals surface area contributed by atoms with Gasteiger partial charge in [0.25, 0.3) is 0 Å². The zero-order valence-electron chi connectivity index (χ0n) is 12.7. The summed E-state index contributed by atoms with van der Waals surface area (Å²) in [7, 11) is 1.72. The fourth-order valence-corrected chi connectivity index (χ4v) is 2.06. The molecule has 1 aromatic rings. The van der Waals surface area contributed by atoms with Gasteiger partial charge >= 0.3 is 0 Å². The predicted octanol–water partition coefficient (Wildman–Crippen LogP) is 2.26. The summed E-state index contributed by atoms with van der Waals surface area (Å²) in [5.41, 5.74) is 2.43. The topological polar surface area (TPSA) is 45.7 Å². The molecule has 1 saturated carbocycles. The van der Waals surface area contributed by atoms with Crippen molar-refractivity contribution in [2.45, 2.75) is 39.2 Å². The van der Waals surface area contributed by atoms with Gasteiger partial charge in [0.05, 0.1) is 7.11 Å². The highest BCUT2D eigenvalue weighted by Crippen LogP contribution is 2.19. The average Bonchev–Trinajstić information content (AvgIpc) is 3.25. The number of hydrogen-bond acceptors (Lipinski definition) is 2. The second kappa shape index (κ2) is 7.17. The maximum atomic E-state index is 5.35. The molecule has 0 aliphatic heterocycles. The molecule has 1 aromatic carbocycles. The van der Waals surface area contributed by atoms with Crippen LogP contribution in [-0.2, 0) is 6.42 Å². The van der Waals surface area contributed by atoms with Gasteiger partial charge in [-0.2, -0.15) is 0 Å². The van der Waals surface area contributed by atoms with Gasteiger partial charge in [0.1, 0.15) is 5.75 Å². The van der Waals surface area contributed by atoms with Crippen LogP contribution in [0.4, 0.5) is 0 Å². The Bertz CT molecular complexity index is 467. The summed E-state index contributed by atoms with van der Waals surface area (Å²) >= 11 is 0. The molecule has 1 aliphatic carbocycles. The van der Waals surface area contributed by atoms with Crippen LogP contribution in [0, 0.1) is 6.92 Å². The first-order valence-electron chi connectivity index (χ1n) is 7.41. The molecule has 0 amide bonds. The van der Waals surface area contributed by atoms with E-state index in [-0.39, 0.29) is 0 Å². The molecule has 0 unspecified atom stereocenters. The number of hydrogen-bond donors (Lipinski definition) is 2. The molecule has 0 radical (unpaired) electrons. The van der Waals surface area contributed by atoms with E-state index < -0.39 is 0 Å². The van der Waals surface area contributed by atoms with E-state index in [2.05, 4.69) is 47.7 Å². The van der Waals surface area contributed by atoms with E-state index in [1.165, 1.54) is 24.0 Å². The third-order valence-corrected chi connectivity index (χ3v) is 3.41. The summed E-state index contributed by atoms with van der Waals surface area (Å²) in [5.74, 6) is 1.89. The first-order chi connectivity index (χ1) is 9.72. The van der Waals surface area contributed by atoms with Crippen LogP contribution in [0.5, 0.6) is 5.75 Å². The maximum Gasteiger partial charge on any atom is 0.191 e. The number of guanidine groups is 1. The molecule has 4 heteroatoms. The predicted molar refractivity (Wildman–Crippen MR) is 83.6 cm³/mol. The number of benzene rings is 1. The van der Waals surface area contributed by atoms with E-state index in [0.29, 0.717) is 6.04 Å². The molecule has 2 N–H and O–H groups in total. The average molecular weight is 275 g/mol. The van der Waals surface area contributed by atoms with E-state index in [9.17, 15) is 0 Å². The van der Waals surface area contributed by atoms with Crippen LogP contribution in [0.1, 0.15) is 30.9 Å². The number of rotatable bonds is 6. The van der Waals surface area contributed by atoms with Gasteiger partial charge in [0, 0.05) is 19.1 Å². The van der Waals surface area contributed by atoms with Gasteiger partial charge in [-0.15, -0.1) is 0 Å². The zero-order chi connectivity index (χ0) is 14.4. The number of nitrogens with one attached hydrogen (secondary N) is 2. The Morgan fingerprint density at radius 3 is 2.85 bits per heavy atom. The van der Waals surface area contributed by atoms with Crippen molar-refractivity contribution in [1.29, 1.82) is 0 Å². The van der Waals surface area contributed by atoms with Crippen molar-refractivity contribution < 1.29 is 4.74 Å². The summed E-state index contributed by atoms with van der Waals surface area (Å²) in [5, 5.41) is 6.71. The van der Waals surface area contributed by atoms with Crippen molar-refractivity contribution in [3.63, 3.8) is 0 Å². The molecule has 4 nitrogen and oxygen atoms in total. The van der Waals surface area contributed by atoms with Crippen LogP contribution >= 0.6 is 0 Å². The number of aryl methyl sites for hydroxylation is 1. The van der Waals surface area contributed by atoms with E-state index in [4.69, 9.17) is 4.74 Å². The second-order valence-electron chi connectivity index (χ2n) is 5.23. The monoisotopic (exact) mass is 275 g/mol. The quantitative estimate of drug-likeness (QED) is 0.618. The summed E-state index contributed by atoms with van der Waals surface area (Å²) in [6.45, 7) is 5.84. The van der Waals surface area contributed by atoms with Gasteiger partial charge in [-0.1, -0.05) is 12.1 Å². The molecule has 0 aromatic heterocycles. The Hall–Kier alpha value is -1.71. The molecule has 110 valence electrons. The van der Waals surface area contributed by atoms with Gasteiger partial charge in [0.2, 0.25) is 0 Å². The summed E-state index contributed by atoms with van der Waals surface area (Å²) in [4.78, 5) is 4.62. The van der Waals surface area contributed by atoms with Crippen molar-refractivity contribution in [1.82, 2.24) is 10.6 Å². The summed E-state index contributed by atoms with van der Waals surface area (Å²) in [6, 6.07) is 6.99. The van der Waals surface area contributed by atoms with Gasteiger partial charge in [-0.25, -0.2) is 0 Å². The van der Waals surface area contributed by atoms with Crippen molar-refractivity contribution in [3.8, 4) is 5.75 Å². The van der Waals surface area contributed by atoms with E-state index in [0.717, 1.165) is 31.2 Å². The van der Waals surface area contributed by atoms with Crippen LogP contribution in [0.15, 0.2) is 23.2 Å². The fraction of sp³-hybridized carbons (Fsp3) is 0.562. The molecule has 0 spiro atoms. The van der Waals surface area contributed by atoms with Gasteiger partial charge in [-0.3, -0.25) is 4.99 Å². The van der Waals surface area contributed by atoms with E-state index in [1.54, 1.807) is 7.11 Å². The van der Waals surface area contributed by atoms with Crippen molar-refractivity contribution in [2.75, 3.05) is 20.2 Å². The lowest BCUT2D eigenvalue weighted by Crippen LogP contribution is -2.38. The molecular weight excluding hydrogens is 250 g/mol. The number of methoxy groups -OCH3 is 1. The fourth-order valence-electron chi connectivity index (χ4n) is 2.06. The summed E-state index contributed by atoms with van der Waals surface area (Å²) in [6.07, 6.45) is 3.46. The first-order valence-corrected chi connectivity index (χ1v) is 7.41. The highest BCUT2D eigenvalue weighted by atomic mass is 16.5. The van der Waals surface area contributed by atoms with Crippen LogP contribution in [0.25, 0.3) is 0 Å². The molecule has 0 atom stereocenters. The highest BCUT2D eigenvalue weighted by Gasteiger charge is 2.21. The molecule has 1 aliphatic rings. The van der Waals surface area contributed by atoms with Crippen LogP contribution in [0.3, 0.4) is 0 Å². The zero-order valence-corrected chi connectivity index (χ0v) is 12.7. The molecule has 0 bridgehead atoms. The van der Waals surface area contributed by atoms with E-state index in [1.807, 2.05) is 0 Å². The summed E-state index contributed by atoms with van der Waals surface area (Å²) < 4.78 is 5.35. The minimum Gasteiger partial charge on any atom is -0.496 e. The molecule has 20 heavy (non-hydrogen) atoms. The van der Waals surface area contributed by atoms with Crippen LogP contribution in [0.2, 0.25) is 0 Å². The minimum atomic E-state index is 0.632. The Balaban J connectivity index is 1.89. The lowest BCUT2D eigenvalue weighted by atomic mass is 10.1. The Kier molecular flexibility index (Phi) is 5.27. The van der Waals surface area contributed by atoms with Gasteiger partial charge in [0.15, 0.2) is 5.96 Å². The van der Waals surface area contributed by atoms with Gasteiger partial charge < -0.3 is 15.4 Å². The van der Waals surface area contributed by atoms with Crippen molar-refractivity contribution in [3.05, 3.63) is 29.3 Å². The first kappa shape index (κ1) is 14.7. The molecule has 1 fully saturated rings. The Morgan fingerprint density at radius 2 is 2.20 bits per heavy atom. The smallest absolute Gasteiger partial charge is 0.191 e. The molecule has 2 rings (SSSR count). The maximum absolute atomic E-state index is 5.35. The lowest BCUT2D eigenvalue weighted by Gasteiger charge is -2.10. The minimum absolute atomic E-state index is 0.632.